The maximum Gasteiger partial charge on any atom is 0.245 e. The average molecular weight is 299 g/mol. The first-order valence-corrected chi connectivity index (χ1v) is 7.69. The molecule has 1 amide bonds. The molecule has 0 saturated carbocycles. The third kappa shape index (κ3) is 2.73. The summed E-state index contributed by atoms with van der Waals surface area (Å²) in [5, 5.41) is 7.35. The first kappa shape index (κ1) is 14.7. The highest BCUT2D eigenvalue weighted by Crippen LogP contribution is 2.28. The van der Waals surface area contributed by atoms with Crippen LogP contribution >= 0.6 is 0 Å². The third-order valence-electron chi connectivity index (χ3n) is 4.23. The Hall–Kier alpha value is -2.24. The van der Waals surface area contributed by atoms with Crippen LogP contribution in [0.25, 0.3) is 0 Å². The van der Waals surface area contributed by atoms with Gasteiger partial charge < -0.3 is 5.32 Å². The van der Waals surface area contributed by atoms with Crippen LogP contribution < -0.4 is 5.32 Å². The van der Waals surface area contributed by atoms with Gasteiger partial charge in [0.25, 0.3) is 0 Å². The minimum absolute atomic E-state index is 0.00447. The van der Waals surface area contributed by atoms with Gasteiger partial charge in [0.15, 0.2) is 0 Å². The molecule has 22 heavy (non-hydrogen) atoms. The van der Waals surface area contributed by atoms with Crippen LogP contribution in [0.15, 0.2) is 18.5 Å². The summed E-state index contributed by atoms with van der Waals surface area (Å²) in [6.07, 6.45) is 6.48. The maximum absolute atomic E-state index is 12.5. The summed E-state index contributed by atoms with van der Waals surface area (Å²) < 4.78 is 1.74. The summed E-state index contributed by atoms with van der Waals surface area (Å²) in [5.74, 6) is 0.761. The number of rotatable bonds is 3. The van der Waals surface area contributed by atoms with E-state index in [-0.39, 0.29) is 18.0 Å². The van der Waals surface area contributed by atoms with Crippen LogP contribution in [0.1, 0.15) is 54.6 Å². The lowest BCUT2D eigenvalue weighted by atomic mass is 9.92. The second-order valence-corrected chi connectivity index (χ2v) is 5.87. The summed E-state index contributed by atoms with van der Waals surface area (Å²) >= 11 is 0. The molecule has 2 aromatic heterocycles. The van der Waals surface area contributed by atoms with Crippen LogP contribution in [0.3, 0.4) is 0 Å². The number of fused-ring (bicyclic) bond motifs is 1. The van der Waals surface area contributed by atoms with Crippen molar-refractivity contribution in [3.05, 3.63) is 41.2 Å². The fourth-order valence-electron chi connectivity index (χ4n) is 2.99. The molecule has 0 radical (unpaired) electrons. The van der Waals surface area contributed by atoms with Crippen molar-refractivity contribution in [2.75, 3.05) is 0 Å². The molecular formula is C16H21N5O. The molecule has 0 aromatic carbocycles. The molecule has 0 saturated heterocycles. The lowest BCUT2D eigenvalue weighted by molar-refractivity contribution is -0.125. The van der Waals surface area contributed by atoms with E-state index in [0.29, 0.717) is 0 Å². The Balaban J connectivity index is 1.77. The smallest absolute Gasteiger partial charge is 0.245 e. The Morgan fingerprint density at radius 2 is 2.27 bits per heavy atom. The van der Waals surface area contributed by atoms with Gasteiger partial charge in [0.05, 0.1) is 6.04 Å². The van der Waals surface area contributed by atoms with Crippen LogP contribution in [0.5, 0.6) is 0 Å². The highest BCUT2D eigenvalue weighted by Gasteiger charge is 2.26. The van der Waals surface area contributed by atoms with E-state index in [0.717, 1.165) is 42.0 Å². The fourth-order valence-corrected chi connectivity index (χ4v) is 2.99. The lowest BCUT2D eigenvalue weighted by Crippen LogP contribution is -2.36. The topological polar surface area (TPSA) is 72.7 Å². The SMILES string of the molecule is Cc1ncc2c(n1)CCC[C@@H]2NC(=O)[C@H](C)n1nccc1C. The average Bonchev–Trinajstić information content (AvgIpc) is 2.92. The molecular weight excluding hydrogens is 278 g/mol. The van der Waals surface area contributed by atoms with E-state index in [1.807, 2.05) is 33.0 Å². The second-order valence-electron chi connectivity index (χ2n) is 5.87. The van der Waals surface area contributed by atoms with E-state index >= 15 is 0 Å². The van der Waals surface area contributed by atoms with Crippen molar-refractivity contribution in [3.8, 4) is 0 Å². The van der Waals surface area contributed by atoms with E-state index in [9.17, 15) is 4.79 Å². The largest absolute Gasteiger partial charge is 0.347 e. The second kappa shape index (κ2) is 5.87. The lowest BCUT2D eigenvalue weighted by Gasteiger charge is -2.27. The molecule has 1 aliphatic rings. The van der Waals surface area contributed by atoms with Gasteiger partial charge in [-0.25, -0.2) is 9.97 Å². The molecule has 3 rings (SSSR count). The highest BCUT2D eigenvalue weighted by atomic mass is 16.2. The quantitative estimate of drug-likeness (QED) is 0.941. The molecule has 1 N–H and O–H groups in total. The van der Waals surface area contributed by atoms with Crippen LogP contribution in [0.2, 0.25) is 0 Å². The summed E-state index contributed by atoms with van der Waals surface area (Å²) in [5.41, 5.74) is 3.09. The van der Waals surface area contributed by atoms with Crippen LogP contribution in [-0.4, -0.2) is 25.7 Å². The molecule has 6 nitrogen and oxygen atoms in total. The summed E-state index contributed by atoms with van der Waals surface area (Å²) in [6.45, 7) is 5.71. The minimum Gasteiger partial charge on any atom is -0.347 e. The number of hydrogen-bond donors (Lipinski definition) is 1. The maximum atomic E-state index is 12.5. The third-order valence-corrected chi connectivity index (χ3v) is 4.23. The number of carbonyl (C=O) groups is 1. The molecule has 2 heterocycles. The molecule has 0 spiro atoms. The number of nitrogens with zero attached hydrogens (tertiary/aromatic N) is 4. The Bertz CT molecular complexity index is 694. The van der Waals surface area contributed by atoms with E-state index < -0.39 is 0 Å². The number of amides is 1. The molecule has 0 aliphatic heterocycles. The minimum atomic E-state index is -0.327. The first-order valence-electron chi connectivity index (χ1n) is 7.69. The Kier molecular flexibility index (Phi) is 3.92. The fraction of sp³-hybridized carbons (Fsp3) is 0.500. The predicted octanol–water partition coefficient (Wildman–Crippen LogP) is 2.04. The zero-order valence-corrected chi connectivity index (χ0v) is 13.2. The van der Waals surface area contributed by atoms with Crippen molar-refractivity contribution >= 4 is 5.91 Å². The van der Waals surface area contributed by atoms with E-state index in [1.54, 1.807) is 10.9 Å². The molecule has 0 unspecified atom stereocenters. The van der Waals surface area contributed by atoms with Gasteiger partial charge in [-0.3, -0.25) is 9.48 Å². The van der Waals surface area contributed by atoms with Crippen molar-refractivity contribution in [1.82, 2.24) is 25.1 Å². The molecule has 2 aromatic rings. The molecule has 0 bridgehead atoms. The van der Waals surface area contributed by atoms with Crippen molar-refractivity contribution in [2.24, 2.45) is 0 Å². The Morgan fingerprint density at radius 3 is 3.00 bits per heavy atom. The monoisotopic (exact) mass is 299 g/mol. The van der Waals surface area contributed by atoms with Gasteiger partial charge in [-0.2, -0.15) is 5.10 Å². The molecule has 0 fully saturated rings. The van der Waals surface area contributed by atoms with Crippen molar-refractivity contribution in [2.45, 2.75) is 52.1 Å². The Labute approximate surface area is 130 Å². The van der Waals surface area contributed by atoms with Gasteiger partial charge in [-0.15, -0.1) is 0 Å². The first-order chi connectivity index (χ1) is 10.6. The van der Waals surface area contributed by atoms with Gasteiger partial charge in [0.1, 0.15) is 11.9 Å². The number of hydrogen-bond acceptors (Lipinski definition) is 4. The van der Waals surface area contributed by atoms with Gasteiger partial charge in [0, 0.05) is 29.3 Å². The van der Waals surface area contributed by atoms with Gasteiger partial charge in [0.2, 0.25) is 5.91 Å². The van der Waals surface area contributed by atoms with Crippen LogP contribution in [-0.2, 0) is 11.2 Å². The van der Waals surface area contributed by atoms with E-state index in [2.05, 4.69) is 20.4 Å². The summed E-state index contributed by atoms with van der Waals surface area (Å²) in [7, 11) is 0. The van der Waals surface area contributed by atoms with Crippen molar-refractivity contribution < 1.29 is 4.79 Å². The molecule has 1 aliphatic carbocycles. The summed E-state index contributed by atoms with van der Waals surface area (Å²) in [4.78, 5) is 21.3. The Morgan fingerprint density at radius 1 is 1.45 bits per heavy atom. The number of nitrogens with one attached hydrogen (secondary N) is 1. The normalized spacial score (nSPS) is 18.6. The molecule has 6 heteroatoms. The predicted molar refractivity (Wildman–Crippen MR) is 82.3 cm³/mol. The molecule has 2 atom stereocenters. The number of aromatic nitrogens is 4. The van der Waals surface area contributed by atoms with Crippen LogP contribution in [0, 0.1) is 13.8 Å². The van der Waals surface area contributed by atoms with Crippen LogP contribution in [0.4, 0.5) is 0 Å². The molecule has 116 valence electrons. The van der Waals surface area contributed by atoms with Gasteiger partial charge >= 0.3 is 0 Å². The highest BCUT2D eigenvalue weighted by molar-refractivity contribution is 5.80. The number of aryl methyl sites for hydroxylation is 3. The van der Waals surface area contributed by atoms with E-state index in [1.165, 1.54) is 0 Å². The number of carbonyl (C=O) groups excluding carboxylic acids is 1. The zero-order valence-electron chi connectivity index (χ0n) is 13.2. The van der Waals surface area contributed by atoms with Crippen molar-refractivity contribution in [3.63, 3.8) is 0 Å². The van der Waals surface area contributed by atoms with Gasteiger partial charge in [-0.1, -0.05) is 0 Å². The summed E-state index contributed by atoms with van der Waals surface area (Å²) in [6, 6.07) is 1.57. The van der Waals surface area contributed by atoms with Gasteiger partial charge in [-0.05, 0) is 46.1 Å². The van der Waals surface area contributed by atoms with Crippen molar-refractivity contribution in [1.29, 1.82) is 0 Å². The zero-order chi connectivity index (χ0) is 15.7. The standard InChI is InChI=1S/C16H21N5O/c1-10-7-8-18-21(10)11(2)16(22)20-15-6-4-5-14-13(15)9-17-12(3)19-14/h7-9,11,15H,4-6H2,1-3H3,(H,20,22)/t11-,15-/m0/s1. The van der Waals surface area contributed by atoms with E-state index in [4.69, 9.17) is 0 Å².